The van der Waals surface area contributed by atoms with Crippen LogP contribution in [0.5, 0.6) is 0 Å². The van der Waals surface area contributed by atoms with Crippen molar-refractivity contribution in [2.45, 2.75) is 63.5 Å². The van der Waals surface area contributed by atoms with Crippen LogP contribution >= 0.6 is 12.4 Å². The summed E-state index contributed by atoms with van der Waals surface area (Å²) >= 11 is 0. The van der Waals surface area contributed by atoms with Gasteiger partial charge in [-0.3, -0.25) is 9.10 Å². The minimum atomic E-state index is -3.62. The number of hydrogen-bond acceptors (Lipinski definition) is 7. The van der Waals surface area contributed by atoms with Crippen molar-refractivity contribution < 1.29 is 22.7 Å². The average molecular weight is 558 g/mol. The molecule has 1 aliphatic rings. The number of nitrogens with zero attached hydrogens (tertiary/aromatic N) is 2. The van der Waals surface area contributed by atoms with Gasteiger partial charge in [-0.2, -0.15) is 0 Å². The highest BCUT2D eigenvalue weighted by Crippen LogP contribution is 2.22. The van der Waals surface area contributed by atoms with Gasteiger partial charge in [0, 0.05) is 18.7 Å². The van der Waals surface area contributed by atoms with Crippen molar-refractivity contribution in [3.8, 4) is 0 Å². The van der Waals surface area contributed by atoms with Gasteiger partial charge in [0.25, 0.3) is 5.91 Å². The molecule has 0 spiro atoms. The lowest BCUT2D eigenvalue weighted by molar-refractivity contribution is 0.0593. The number of carbonyl (C=O) groups is 1. The van der Waals surface area contributed by atoms with Gasteiger partial charge in [0.05, 0.1) is 24.4 Å². The topological polar surface area (TPSA) is 124 Å². The monoisotopic (exact) mass is 557 g/mol. The summed E-state index contributed by atoms with van der Waals surface area (Å²) in [5, 5.41) is 20.1. The summed E-state index contributed by atoms with van der Waals surface area (Å²) in [6, 6.07) is 10.7. The van der Waals surface area contributed by atoms with E-state index in [-0.39, 0.29) is 36.3 Å². The molecule has 12 heteroatoms. The summed E-state index contributed by atoms with van der Waals surface area (Å²) in [4.78, 5) is 17.8. The van der Waals surface area contributed by atoms with E-state index in [0.29, 0.717) is 18.8 Å². The molecule has 2 heterocycles. The van der Waals surface area contributed by atoms with Gasteiger partial charge in [-0.1, -0.05) is 37.3 Å². The zero-order valence-electron chi connectivity index (χ0n) is 21.5. The number of carbonyl (C=O) groups excluding carboxylic acids is 1. The average Bonchev–Trinajstić information content (AvgIpc) is 3.28. The van der Waals surface area contributed by atoms with Gasteiger partial charge in [0.15, 0.2) is 0 Å². The Bertz CT molecular complexity index is 1140. The maximum atomic E-state index is 14.4. The van der Waals surface area contributed by atoms with Crippen LogP contribution in [0.2, 0.25) is 0 Å². The second-order valence-corrected chi connectivity index (χ2v) is 11.3. The predicted molar refractivity (Wildman–Crippen MR) is 147 cm³/mol. The lowest BCUT2D eigenvalue weighted by Crippen LogP contribution is -2.54. The minimum absolute atomic E-state index is 0. The molecule has 0 saturated carbocycles. The van der Waals surface area contributed by atoms with Crippen molar-refractivity contribution in [3.05, 3.63) is 53.6 Å². The number of alkyl halides is 1. The van der Waals surface area contributed by atoms with E-state index in [1.54, 1.807) is 6.07 Å². The normalized spacial score (nSPS) is 19.8. The zero-order valence-corrected chi connectivity index (χ0v) is 23.2. The first-order chi connectivity index (χ1) is 17.0. The number of aliphatic hydroxyl groups is 1. The summed E-state index contributed by atoms with van der Waals surface area (Å²) in [6.45, 7) is 4.39. The van der Waals surface area contributed by atoms with E-state index in [0.717, 1.165) is 22.5 Å². The van der Waals surface area contributed by atoms with Gasteiger partial charge in [0.2, 0.25) is 10.0 Å². The number of sulfonamides is 1. The fourth-order valence-electron chi connectivity index (χ4n) is 4.06. The first-order valence-corrected chi connectivity index (χ1v) is 14.0. The Kier molecular flexibility index (Phi) is 11.1. The van der Waals surface area contributed by atoms with Gasteiger partial charge in [0.1, 0.15) is 17.8 Å². The van der Waals surface area contributed by atoms with Gasteiger partial charge in [-0.05, 0) is 50.4 Å². The highest BCUT2D eigenvalue weighted by molar-refractivity contribution is 7.92. The number of amides is 1. The van der Waals surface area contributed by atoms with E-state index in [4.69, 9.17) is 0 Å². The smallest absolute Gasteiger partial charge is 0.251 e. The maximum absolute atomic E-state index is 14.4. The van der Waals surface area contributed by atoms with Crippen LogP contribution in [0.3, 0.4) is 0 Å². The Morgan fingerprint density at radius 3 is 2.54 bits per heavy atom. The maximum Gasteiger partial charge on any atom is 0.251 e. The van der Waals surface area contributed by atoms with Crippen molar-refractivity contribution in [3.63, 3.8) is 0 Å². The Morgan fingerprint density at radius 1 is 1.30 bits per heavy atom. The Labute approximate surface area is 224 Å². The largest absolute Gasteiger partial charge is 0.389 e. The molecule has 1 aromatic carbocycles. The van der Waals surface area contributed by atoms with Gasteiger partial charge < -0.3 is 21.1 Å². The number of nitrogens with one attached hydrogen (secondary N) is 3. The molecule has 0 radical (unpaired) electrons. The molecule has 37 heavy (non-hydrogen) atoms. The zero-order chi connectivity index (χ0) is 26.5. The van der Waals surface area contributed by atoms with Crippen molar-refractivity contribution >= 4 is 40.0 Å². The molecule has 1 aliphatic heterocycles. The lowest BCUT2D eigenvalue weighted by Gasteiger charge is -2.30. The third-order valence-corrected chi connectivity index (χ3v) is 7.67. The first kappa shape index (κ1) is 30.8. The van der Waals surface area contributed by atoms with Crippen LogP contribution in [0.1, 0.15) is 42.6 Å². The number of aliphatic hydroxyl groups excluding tert-OH is 1. The third-order valence-electron chi connectivity index (χ3n) is 6.49. The molecule has 1 saturated heterocycles. The van der Waals surface area contributed by atoms with Gasteiger partial charge in [-0.25, -0.2) is 17.8 Å². The highest BCUT2D eigenvalue weighted by Gasteiger charge is 2.37. The summed E-state index contributed by atoms with van der Waals surface area (Å²) in [5.41, 5.74) is 1.05. The molecule has 0 aliphatic carbocycles. The van der Waals surface area contributed by atoms with E-state index in [1.807, 2.05) is 44.2 Å². The molecular weight excluding hydrogens is 521 g/mol. The Morgan fingerprint density at radius 2 is 1.97 bits per heavy atom. The fraction of sp³-hybridized carbons (Fsp3) is 0.520. The SMILES string of the molecule is CC[C@H](C)Nc1cc(C(=O)NC(Cc2ccccc2)C(O)C2NCCC2F)cc(N(C)S(C)(=O)=O)n1.Cl. The molecule has 1 fully saturated rings. The van der Waals surface area contributed by atoms with Crippen molar-refractivity contribution in [2.24, 2.45) is 0 Å². The molecule has 206 valence electrons. The summed E-state index contributed by atoms with van der Waals surface area (Å²) < 4.78 is 39.7. The first-order valence-electron chi connectivity index (χ1n) is 12.1. The van der Waals surface area contributed by atoms with E-state index in [9.17, 15) is 22.7 Å². The predicted octanol–water partition coefficient (Wildman–Crippen LogP) is 2.51. The van der Waals surface area contributed by atoms with Crippen LogP contribution in [0.4, 0.5) is 16.0 Å². The number of anilines is 2. The molecule has 0 bridgehead atoms. The van der Waals surface area contributed by atoms with Crippen LogP contribution in [0.15, 0.2) is 42.5 Å². The molecule has 5 atom stereocenters. The van der Waals surface area contributed by atoms with Crippen LogP contribution in [0, 0.1) is 0 Å². The number of hydrogen-bond donors (Lipinski definition) is 4. The Balaban J connectivity index is 0.00000481. The summed E-state index contributed by atoms with van der Waals surface area (Å²) in [5.74, 6) is -0.0949. The van der Waals surface area contributed by atoms with Crippen LogP contribution in [0.25, 0.3) is 0 Å². The molecule has 9 nitrogen and oxygen atoms in total. The fourth-order valence-corrected chi connectivity index (χ4v) is 4.50. The van der Waals surface area contributed by atoms with Crippen LogP contribution in [-0.2, 0) is 16.4 Å². The van der Waals surface area contributed by atoms with Crippen molar-refractivity contribution in [2.75, 3.05) is 29.5 Å². The molecular formula is C25H37ClFN5O4S. The summed E-state index contributed by atoms with van der Waals surface area (Å²) in [7, 11) is -2.26. The van der Waals surface area contributed by atoms with E-state index < -0.39 is 40.3 Å². The van der Waals surface area contributed by atoms with Crippen molar-refractivity contribution in [1.82, 2.24) is 15.6 Å². The molecule has 3 rings (SSSR count). The molecule has 4 N–H and O–H groups in total. The second-order valence-electron chi connectivity index (χ2n) is 9.33. The van der Waals surface area contributed by atoms with Crippen LogP contribution in [-0.4, -0.2) is 74.7 Å². The number of pyridine rings is 1. The number of aromatic nitrogens is 1. The molecule has 1 aromatic heterocycles. The second kappa shape index (κ2) is 13.4. The molecule has 1 amide bonds. The highest BCUT2D eigenvalue weighted by atomic mass is 35.5. The quantitative estimate of drug-likeness (QED) is 0.335. The minimum Gasteiger partial charge on any atom is -0.389 e. The number of halogens is 2. The van der Waals surface area contributed by atoms with Crippen LogP contribution < -0.4 is 20.3 Å². The van der Waals surface area contributed by atoms with E-state index in [1.165, 1.54) is 13.1 Å². The van der Waals surface area contributed by atoms with E-state index >= 15 is 0 Å². The third kappa shape index (κ3) is 8.26. The summed E-state index contributed by atoms with van der Waals surface area (Å²) in [6.07, 6.45) is 0.0281. The van der Waals surface area contributed by atoms with Gasteiger partial charge in [-0.15, -0.1) is 12.4 Å². The number of benzene rings is 1. The molecule has 4 unspecified atom stereocenters. The number of rotatable bonds is 11. The van der Waals surface area contributed by atoms with Crippen molar-refractivity contribution in [1.29, 1.82) is 0 Å². The Hall–Kier alpha value is -2.47. The molecule has 2 aromatic rings. The standard InChI is InChI=1S/C25H36FN5O4S.ClH/c1-5-16(2)28-21-14-18(15-22(30-21)31(3)36(4,34)35)25(33)29-20(13-17-9-7-6-8-10-17)24(32)23-19(26)11-12-27-23;/h6-10,14-16,19-20,23-24,27,32H,5,11-13H2,1-4H3,(H,28,30)(H,29,33);1H/t16-,19?,20?,23?,24?;/m0./s1. The van der Waals surface area contributed by atoms with E-state index in [2.05, 4.69) is 20.9 Å². The lowest BCUT2D eigenvalue weighted by atomic mass is 9.94. The van der Waals surface area contributed by atoms with Gasteiger partial charge >= 0.3 is 0 Å².